The number of aryl methyl sites for hydroxylation is 1. The maximum absolute atomic E-state index is 5.46. The van der Waals surface area contributed by atoms with Crippen molar-refractivity contribution in [3.05, 3.63) is 15.9 Å². The van der Waals surface area contributed by atoms with Crippen LogP contribution in [0.1, 0.15) is 25.2 Å². The van der Waals surface area contributed by atoms with Gasteiger partial charge >= 0.3 is 0 Å². The van der Waals surface area contributed by atoms with Crippen molar-refractivity contribution < 1.29 is 0 Å². The highest BCUT2D eigenvalue weighted by molar-refractivity contribution is 9.10. The van der Waals surface area contributed by atoms with Crippen LogP contribution in [0.25, 0.3) is 5.95 Å². The van der Waals surface area contributed by atoms with Crippen molar-refractivity contribution in [2.75, 3.05) is 23.4 Å². The van der Waals surface area contributed by atoms with Crippen LogP contribution in [-0.2, 0) is 0 Å². The van der Waals surface area contributed by atoms with Crippen LogP contribution < -0.4 is 16.2 Å². The molecule has 2 rings (SSSR count). The second-order valence-electron chi connectivity index (χ2n) is 4.47. The van der Waals surface area contributed by atoms with Crippen molar-refractivity contribution in [2.24, 2.45) is 5.84 Å². The number of aromatic nitrogens is 5. The second kappa shape index (κ2) is 6.35. The summed E-state index contributed by atoms with van der Waals surface area (Å²) in [6.45, 7) is 9.54. The number of hydrogen-bond donors (Lipinski definition) is 2. The molecule has 0 aliphatic rings. The molecule has 0 saturated carbocycles. The lowest BCUT2D eigenvalue weighted by atomic mass is 10.4. The Bertz CT molecular complexity index is 634. The Morgan fingerprint density at radius 2 is 1.86 bits per heavy atom. The van der Waals surface area contributed by atoms with Crippen LogP contribution in [0.3, 0.4) is 0 Å². The Labute approximate surface area is 131 Å². The number of hydrazine groups is 1. The van der Waals surface area contributed by atoms with Crippen LogP contribution in [-0.4, -0.2) is 37.8 Å². The van der Waals surface area contributed by atoms with E-state index in [1.165, 1.54) is 0 Å². The van der Waals surface area contributed by atoms with Gasteiger partial charge in [-0.3, -0.25) is 5.43 Å². The first-order chi connectivity index (χ1) is 10.0. The third-order valence-corrected chi connectivity index (χ3v) is 4.33. The van der Waals surface area contributed by atoms with E-state index in [1.807, 2.05) is 32.6 Å². The first kappa shape index (κ1) is 15.6. The molecule has 2 aromatic heterocycles. The van der Waals surface area contributed by atoms with Gasteiger partial charge < -0.3 is 4.90 Å². The average Bonchev–Trinajstić information content (AvgIpc) is 2.76. The van der Waals surface area contributed by atoms with Crippen LogP contribution in [0.4, 0.5) is 11.9 Å². The molecule has 0 bridgehead atoms. The van der Waals surface area contributed by atoms with Crippen molar-refractivity contribution in [1.29, 1.82) is 0 Å². The van der Waals surface area contributed by atoms with E-state index in [2.05, 4.69) is 41.4 Å². The topological polar surface area (TPSA) is 97.8 Å². The predicted octanol–water partition coefficient (Wildman–Crippen LogP) is 1.57. The first-order valence-corrected chi connectivity index (χ1v) is 7.50. The van der Waals surface area contributed by atoms with Gasteiger partial charge in [-0.1, -0.05) is 0 Å². The van der Waals surface area contributed by atoms with Gasteiger partial charge in [-0.15, -0.1) is 0 Å². The minimum atomic E-state index is 0.311. The fraction of sp³-hybridized carbons (Fsp3) is 0.500. The van der Waals surface area contributed by atoms with Gasteiger partial charge in [-0.25, -0.2) is 10.5 Å². The third kappa shape index (κ3) is 2.98. The lowest BCUT2D eigenvalue weighted by molar-refractivity contribution is 0.743. The number of nitrogen functional groups attached to an aromatic ring is 1. The van der Waals surface area contributed by atoms with E-state index in [4.69, 9.17) is 5.84 Å². The van der Waals surface area contributed by atoms with Gasteiger partial charge in [-0.2, -0.15) is 20.1 Å². The normalized spacial score (nSPS) is 10.8. The highest BCUT2D eigenvalue weighted by Crippen LogP contribution is 2.22. The molecule has 0 aliphatic carbocycles. The Balaban J connectivity index is 2.57. The van der Waals surface area contributed by atoms with E-state index < -0.39 is 0 Å². The lowest BCUT2D eigenvalue weighted by Gasteiger charge is -2.19. The summed E-state index contributed by atoms with van der Waals surface area (Å²) in [5, 5.41) is 4.44. The molecule has 0 amide bonds. The van der Waals surface area contributed by atoms with Gasteiger partial charge in [0.2, 0.25) is 11.9 Å². The fourth-order valence-electron chi connectivity index (χ4n) is 1.98. The van der Waals surface area contributed by atoms with Crippen LogP contribution in [0.2, 0.25) is 0 Å². The van der Waals surface area contributed by atoms with E-state index in [9.17, 15) is 0 Å². The summed E-state index contributed by atoms with van der Waals surface area (Å²) >= 11 is 3.50. The number of nitrogens with zero attached hydrogens (tertiary/aromatic N) is 6. The van der Waals surface area contributed by atoms with E-state index in [0.717, 1.165) is 29.0 Å². The lowest BCUT2D eigenvalue weighted by Crippen LogP contribution is -2.26. The van der Waals surface area contributed by atoms with Gasteiger partial charge in [0.25, 0.3) is 5.95 Å². The van der Waals surface area contributed by atoms with Crippen molar-refractivity contribution in [3.8, 4) is 5.95 Å². The average molecular weight is 355 g/mol. The molecule has 2 aromatic rings. The fourth-order valence-corrected chi connectivity index (χ4v) is 2.23. The first-order valence-electron chi connectivity index (χ1n) is 6.71. The highest BCUT2D eigenvalue weighted by atomic mass is 79.9. The molecule has 8 nitrogen and oxygen atoms in total. The Hall–Kier alpha value is -1.74. The van der Waals surface area contributed by atoms with Gasteiger partial charge in [-0.05, 0) is 43.6 Å². The summed E-state index contributed by atoms with van der Waals surface area (Å²) in [5.74, 6) is 6.78. The van der Waals surface area contributed by atoms with Crippen molar-refractivity contribution in [2.45, 2.75) is 27.7 Å². The number of nitrogens with one attached hydrogen (secondary N) is 1. The number of hydrogen-bond acceptors (Lipinski definition) is 7. The molecule has 0 atom stereocenters. The molecule has 2 heterocycles. The largest absolute Gasteiger partial charge is 0.341 e. The van der Waals surface area contributed by atoms with Crippen molar-refractivity contribution in [1.82, 2.24) is 24.7 Å². The van der Waals surface area contributed by atoms with E-state index in [1.54, 1.807) is 4.68 Å². The molecule has 0 radical (unpaired) electrons. The number of rotatable bonds is 5. The molecule has 9 heteroatoms. The highest BCUT2D eigenvalue weighted by Gasteiger charge is 2.16. The molecule has 0 saturated heterocycles. The summed E-state index contributed by atoms with van der Waals surface area (Å²) < 4.78 is 2.61. The Morgan fingerprint density at radius 1 is 1.19 bits per heavy atom. The van der Waals surface area contributed by atoms with Crippen LogP contribution >= 0.6 is 15.9 Å². The summed E-state index contributed by atoms with van der Waals surface area (Å²) in [5.41, 5.74) is 4.28. The summed E-state index contributed by atoms with van der Waals surface area (Å²) in [6.07, 6.45) is 0. The summed E-state index contributed by atoms with van der Waals surface area (Å²) in [6, 6.07) is 0. The molecule has 3 N–H and O–H groups in total. The standard InChI is InChI=1S/C12H19BrN8/c1-5-20(6-2)11-15-10(18-14)16-12(17-11)21-8(4)9(13)7(3)19-21/h5-6,14H2,1-4H3,(H,15,16,17,18). The number of anilines is 2. The van der Waals surface area contributed by atoms with Crippen LogP contribution in [0, 0.1) is 13.8 Å². The molecular formula is C12H19BrN8. The smallest absolute Gasteiger partial charge is 0.257 e. The molecule has 0 spiro atoms. The third-order valence-electron chi connectivity index (χ3n) is 3.18. The van der Waals surface area contributed by atoms with Gasteiger partial charge in [0.1, 0.15) is 0 Å². The van der Waals surface area contributed by atoms with Crippen LogP contribution in [0.5, 0.6) is 0 Å². The minimum Gasteiger partial charge on any atom is -0.341 e. The van der Waals surface area contributed by atoms with E-state index >= 15 is 0 Å². The van der Waals surface area contributed by atoms with Gasteiger partial charge in [0.15, 0.2) is 0 Å². The molecule has 0 aliphatic heterocycles. The van der Waals surface area contributed by atoms with Gasteiger partial charge in [0.05, 0.1) is 15.9 Å². The molecule has 0 fully saturated rings. The monoisotopic (exact) mass is 354 g/mol. The quantitative estimate of drug-likeness (QED) is 0.621. The number of nitrogens with two attached hydrogens (primary N) is 1. The minimum absolute atomic E-state index is 0.311. The predicted molar refractivity (Wildman–Crippen MR) is 85.5 cm³/mol. The SMILES string of the molecule is CCN(CC)c1nc(NN)nc(-n2nc(C)c(Br)c2C)n1. The summed E-state index contributed by atoms with van der Waals surface area (Å²) in [4.78, 5) is 15.1. The van der Waals surface area contributed by atoms with Gasteiger partial charge in [0, 0.05) is 13.1 Å². The molecule has 0 aromatic carbocycles. The Morgan fingerprint density at radius 3 is 2.33 bits per heavy atom. The zero-order chi connectivity index (χ0) is 15.6. The molecule has 114 valence electrons. The maximum atomic E-state index is 5.46. The molecule has 21 heavy (non-hydrogen) atoms. The zero-order valence-corrected chi connectivity index (χ0v) is 14.1. The zero-order valence-electron chi connectivity index (χ0n) is 12.6. The van der Waals surface area contributed by atoms with Crippen LogP contribution in [0.15, 0.2) is 4.47 Å². The number of halogens is 1. The Kier molecular flexibility index (Phi) is 4.73. The maximum Gasteiger partial charge on any atom is 0.257 e. The van der Waals surface area contributed by atoms with Crippen molar-refractivity contribution in [3.63, 3.8) is 0 Å². The molecular weight excluding hydrogens is 336 g/mol. The van der Waals surface area contributed by atoms with Crippen molar-refractivity contribution >= 4 is 27.8 Å². The van der Waals surface area contributed by atoms with E-state index in [0.29, 0.717) is 17.8 Å². The van der Waals surface area contributed by atoms with E-state index in [-0.39, 0.29) is 0 Å². The molecule has 0 unspecified atom stereocenters. The summed E-state index contributed by atoms with van der Waals surface area (Å²) in [7, 11) is 0. The second-order valence-corrected chi connectivity index (χ2v) is 5.27.